The predicted octanol–water partition coefficient (Wildman–Crippen LogP) is 2.15. The van der Waals surface area contributed by atoms with Crippen molar-refractivity contribution in [2.45, 2.75) is 37.1 Å². The number of rotatable bonds is 5. The van der Waals surface area contributed by atoms with E-state index in [0.717, 1.165) is 11.7 Å². The Morgan fingerprint density at radius 2 is 2.44 bits per heavy atom. The highest BCUT2D eigenvalue weighted by Gasteiger charge is 2.23. The number of pyridine rings is 1. The van der Waals surface area contributed by atoms with Gasteiger partial charge >= 0.3 is 5.97 Å². The summed E-state index contributed by atoms with van der Waals surface area (Å²) in [7, 11) is 0. The van der Waals surface area contributed by atoms with E-state index in [1.165, 1.54) is 12.8 Å². The third kappa shape index (κ3) is 3.23. The molecule has 1 saturated carbocycles. The molecule has 4 nitrogen and oxygen atoms in total. The molecule has 2 N–H and O–H groups in total. The first-order valence-electron chi connectivity index (χ1n) is 6.14. The highest BCUT2D eigenvalue weighted by Crippen LogP contribution is 2.28. The van der Waals surface area contributed by atoms with Crippen molar-refractivity contribution in [3.8, 4) is 0 Å². The van der Waals surface area contributed by atoms with Gasteiger partial charge in [-0.05, 0) is 37.7 Å². The van der Waals surface area contributed by atoms with E-state index in [0.29, 0.717) is 23.8 Å². The van der Waals surface area contributed by atoms with Crippen LogP contribution in [0.5, 0.6) is 0 Å². The lowest BCUT2D eigenvalue weighted by molar-refractivity contribution is 0.0695. The van der Waals surface area contributed by atoms with Crippen molar-refractivity contribution < 1.29 is 9.90 Å². The minimum absolute atomic E-state index is 0.296. The molecule has 0 aromatic carbocycles. The molecule has 0 spiro atoms. The smallest absolute Gasteiger partial charge is 0.337 e. The quantitative estimate of drug-likeness (QED) is 0.855. The van der Waals surface area contributed by atoms with Crippen LogP contribution in [-0.4, -0.2) is 33.6 Å². The SMILES string of the molecule is CSC1CCC(NCc2ncccc2C(=O)O)C1. The lowest BCUT2D eigenvalue weighted by Gasteiger charge is -2.13. The molecule has 2 unspecified atom stereocenters. The Bertz CT molecular complexity index is 425. The van der Waals surface area contributed by atoms with Gasteiger partial charge in [0.1, 0.15) is 0 Å². The van der Waals surface area contributed by atoms with Gasteiger partial charge < -0.3 is 10.4 Å². The maximum atomic E-state index is 11.0. The summed E-state index contributed by atoms with van der Waals surface area (Å²) in [5, 5.41) is 13.2. The van der Waals surface area contributed by atoms with Gasteiger partial charge in [-0.2, -0.15) is 11.8 Å². The molecule has 1 aliphatic carbocycles. The molecule has 1 aliphatic rings. The molecule has 0 radical (unpaired) electrons. The monoisotopic (exact) mass is 266 g/mol. The molecular weight excluding hydrogens is 248 g/mol. The third-order valence-corrected chi connectivity index (χ3v) is 4.49. The first-order valence-corrected chi connectivity index (χ1v) is 7.43. The minimum Gasteiger partial charge on any atom is -0.478 e. The second kappa shape index (κ2) is 6.20. The van der Waals surface area contributed by atoms with Gasteiger partial charge in [-0.15, -0.1) is 0 Å². The summed E-state index contributed by atoms with van der Waals surface area (Å²) in [6.45, 7) is 0.536. The van der Waals surface area contributed by atoms with Crippen LogP contribution in [0.2, 0.25) is 0 Å². The highest BCUT2D eigenvalue weighted by molar-refractivity contribution is 7.99. The number of carboxylic acids is 1. The number of carbonyl (C=O) groups is 1. The van der Waals surface area contributed by atoms with Gasteiger partial charge in [0.05, 0.1) is 11.3 Å². The lowest BCUT2D eigenvalue weighted by Crippen LogP contribution is -2.27. The maximum Gasteiger partial charge on any atom is 0.337 e. The Kier molecular flexibility index (Phi) is 4.60. The Morgan fingerprint density at radius 1 is 1.61 bits per heavy atom. The van der Waals surface area contributed by atoms with Crippen molar-refractivity contribution in [3.63, 3.8) is 0 Å². The van der Waals surface area contributed by atoms with Crippen LogP contribution in [0.15, 0.2) is 18.3 Å². The normalized spacial score (nSPS) is 23.2. The van der Waals surface area contributed by atoms with Gasteiger partial charge in [0.15, 0.2) is 0 Å². The summed E-state index contributed by atoms with van der Waals surface area (Å²) in [5.74, 6) is -0.909. The van der Waals surface area contributed by atoms with E-state index < -0.39 is 5.97 Å². The fraction of sp³-hybridized carbons (Fsp3) is 0.538. The number of nitrogens with one attached hydrogen (secondary N) is 1. The number of thioether (sulfide) groups is 1. The van der Waals surface area contributed by atoms with Crippen molar-refractivity contribution in [1.29, 1.82) is 0 Å². The topological polar surface area (TPSA) is 62.2 Å². The first-order chi connectivity index (χ1) is 8.70. The average molecular weight is 266 g/mol. The van der Waals surface area contributed by atoms with E-state index in [1.807, 2.05) is 11.8 Å². The van der Waals surface area contributed by atoms with E-state index >= 15 is 0 Å². The summed E-state index contributed by atoms with van der Waals surface area (Å²) >= 11 is 1.92. The van der Waals surface area contributed by atoms with Gasteiger partial charge in [0, 0.05) is 24.0 Å². The number of hydrogen-bond acceptors (Lipinski definition) is 4. The van der Waals surface area contributed by atoms with Gasteiger partial charge in [-0.1, -0.05) is 0 Å². The zero-order valence-electron chi connectivity index (χ0n) is 10.4. The van der Waals surface area contributed by atoms with Gasteiger partial charge in [-0.25, -0.2) is 4.79 Å². The first kappa shape index (κ1) is 13.4. The molecule has 1 aromatic heterocycles. The molecule has 0 aliphatic heterocycles. The molecule has 5 heteroatoms. The van der Waals surface area contributed by atoms with E-state index in [9.17, 15) is 4.79 Å². The molecule has 0 bridgehead atoms. The fourth-order valence-corrected chi connectivity index (χ4v) is 3.15. The Labute approximate surface area is 111 Å². The Balaban J connectivity index is 1.92. The van der Waals surface area contributed by atoms with Crippen molar-refractivity contribution in [3.05, 3.63) is 29.6 Å². The van der Waals surface area contributed by atoms with E-state index in [-0.39, 0.29) is 0 Å². The minimum atomic E-state index is -0.909. The zero-order valence-corrected chi connectivity index (χ0v) is 11.2. The van der Waals surface area contributed by atoms with Crippen LogP contribution in [0.1, 0.15) is 35.3 Å². The average Bonchev–Trinajstić information content (AvgIpc) is 2.84. The van der Waals surface area contributed by atoms with Crippen molar-refractivity contribution >= 4 is 17.7 Å². The van der Waals surface area contributed by atoms with Crippen molar-refractivity contribution in [2.75, 3.05) is 6.26 Å². The van der Waals surface area contributed by atoms with E-state index in [4.69, 9.17) is 5.11 Å². The number of nitrogens with zero attached hydrogens (tertiary/aromatic N) is 1. The van der Waals surface area contributed by atoms with Crippen LogP contribution >= 0.6 is 11.8 Å². The van der Waals surface area contributed by atoms with Crippen LogP contribution < -0.4 is 5.32 Å². The summed E-state index contributed by atoms with van der Waals surface area (Å²) in [6.07, 6.45) is 7.36. The van der Waals surface area contributed by atoms with E-state index in [2.05, 4.69) is 16.6 Å². The fourth-order valence-electron chi connectivity index (χ4n) is 2.35. The Hall–Kier alpha value is -1.07. The molecule has 98 valence electrons. The maximum absolute atomic E-state index is 11.0. The predicted molar refractivity (Wildman–Crippen MR) is 73.0 cm³/mol. The van der Waals surface area contributed by atoms with Crippen LogP contribution in [0.25, 0.3) is 0 Å². The molecule has 1 aromatic rings. The molecule has 1 heterocycles. The number of aromatic nitrogens is 1. The summed E-state index contributed by atoms with van der Waals surface area (Å²) < 4.78 is 0. The van der Waals surface area contributed by atoms with Crippen LogP contribution in [-0.2, 0) is 6.54 Å². The molecule has 0 saturated heterocycles. The summed E-state index contributed by atoms with van der Waals surface area (Å²) in [5.41, 5.74) is 0.919. The van der Waals surface area contributed by atoms with Crippen LogP contribution in [0, 0.1) is 0 Å². The van der Waals surface area contributed by atoms with Crippen LogP contribution in [0.3, 0.4) is 0 Å². The second-order valence-corrected chi connectivity index (χ2v) is 5.69. The molecule has 1 fully saturated rings. The van der Waals surface area contributed by atoms with Gasteiger partial charge in [0.2, 0.25) is 0 Å². The summed E-state index contributed by atoms with van der Waals surface area (Å²) in [6, 6.07) is 3.75. The van der Waals surface area contributed by atoms with Crippen molar-refractivity contribution in [2.24, 2.45) is 0 Å². The van der Waals surface area contributed by atoms with Gasteiger partial charge in [-0.3, -0.25) is 4.98 Å². The number of carboxylic acid groups (broad SMARTS) is 1. The van der Waals surface area contributed by atoms with Gasteiger partial charge in [0.25, 0.3) is 0 Å². The molecular formula is C13H18N2O2S. The number of aromatic carboxylic acids is 1. The standard InChI is InChI=1S/C13H18N2O2S/c1-18-10-5-4-9(7-10)15-8-12-11(13(16)17)3-2-6-14-12/h2-3,6,9-10,15H,4-5,7-8H2,1H3,(H,16,17). The Morgan fingerprint density at radius 3 is 3.11 bits per heavy atom. The van der Waals surface area contributed by atoms with Crippen LogP contribution in [0.4, 0.5) is 0 Å². The second-order valence-electron chi connectivity index (χ2n) is 4.55. The zero-order chi connectivity index (χ0) is 13.0. The third-order valence-electron chi connectivity index (χ3n) is 3.40. The summed E-state index contributed by atoms with van der Waals surface area (Å²) in [4.78, 5) is 15.2. The van der Waals surface area contributed by atoms with Crippen molar-refractivity contribution in [1.82, 2.24) is 10.3 Å². The highest BCUT2D eigenvalue weighted by atomic mass is 32.2. The van der Waals surface area contributed by atoms with E-state index in [1.54, 1.807) is 18.3 Å². The molecule has 2 atom stereocenters. The molecule has 18 heavy (non-hydrogen) atoms. The molecule has 0 amide bonds. The lowest BCUT2D eigenvalue weighted by atomic mass is 10.2. The molecule has 2 rings (SSSR count). The largest absolute Gasteiger partial charge is 0.478 e. The number of hydrogen-bond donors (Lipinski definition) is 2.